The number of hydrogen-bond acceptors (Lipinski definition) is 5. The van der Waals surface area contributed by atoms with Crippen LogP contribution < -0.4 is 4.74 Å². The molecular formula is C19H16ClNO4. The van der Waals surface area contributed by atoms with E-state index in [-0.39, 0.29) is 18.9 Å². The van der Waals surface area contributed by atoms with E-state index in [1.165, 1.54) is 0 Å². The minimum absolute atomic E-state index is 0.106. The van der Waals surface area contributed by atoms with Crippen molar-refractivity contribution in [3.8, 4) is 17.2 Å². The van der Waals surface area contributed by atoms with Crippen LogP contribution in [0.15, 0.2) is 59.0 Å². The predicted octanol–water partition coefficient (Wildman–Crippen LogP) is 4.54. The molecule has 0 atom stereocenters. The summed E-state index contributed by atoms with van der Waals surface area (Å²) in [6.07, 6.45) is 0. The van der Waals surface area contributed by atoms with E-state index in [9.17, 15) is 4.79 Å². The van der Waals surface area contributed by atoms with Gasteiger partial charge in [-0.15, -0.1) is 0 Å². The van der Waals surface area contributed by atoms with Crippen LogP contribution in [0, 0.1) is 6.92 Å². The number of esters is 1. The van der Waals surface area contributed by atoms with Gasteiger partial charge in [-0.3, -0.25) is 0 Å². The average Bonchev–Trinajstić information content (AvgIpc) is 3.03. The Morgan fingerprint density at radius 1 is 1.08 bits per heavy atom. The first-order valence-corrected chi connectivity index (χ1v) is 8.09. The Hall–Kier alpha value is -2.79. The lowest BCUT2D eigenvalue weighted by Crippen LogP contribution is -2.13. The van der Waals surface area contributed by atoms with E-state index in [1.54, 1.807) is 31.2 Å². The number of rotatable bonds is 6. The quantitative estimate of drug-likeness (QED) is 0.478. The Morgan fingerprint density at radius 2 is 1.80 bits per heavy atom. The van der Waals surface area contributed by atoms with Crippen LogP contribution in [0.1, 0.15) is 16.2 Å². The molecule has 0 aliphatic rings. The van der Waals surface area contributed by atoms with Gasteiger partial charge in [0, 0.05) is 10.6 Å². The van der Waals surface area contributed by atoms with Gasteiger partial charge in [0.25, 0.3) is 0 Å². The number of aromatic nitrogens is 1. The first-order valence-electron chi connectivity index (χ1n) is 7.72. The molecule has 0 unspecified atom stereocenters. The highest BCUT2D eigenvalue weighted by Crippen LogP contribution is 2.22. The van der Waals surface area contributed by atoms with E-state index in [1.807, 2.05) is 30.3 Å². The smallest absolute Gasteiger partial charge is 0.360 e. The summed E-state index contributed by atoms with van der Waals surface area (Å²) in [5.74, 6) is 0.928. The molecule has 0 aliphatic carbocycles. The van der Waals surface area contributed by atoms with Gasteiger partial charge >= 0.3 is 5.97 Å². The number of carbonyl (C=O) groups is 1. The van der Waals surface area contributed by atoms with E-state index in [0.29, 0.717) is 22.4 Å². The van der Waals surface area contributed by atoms with Crippen LogP contribution in [0.3, 0.4) is 0 Å². The lowest BCUT2D eigenvalue weighted by atomic mass is 10.2. The van der Waals surface area contributed by atoms with Crippen LogP contribution in [0.2, 0.25) is 5.02 Å². The van der Waals surface area contributed by atoms with Crippen molar-refractivity contribution in [1.29, 1.82) is 0 Å². The summed E-state index contributed by atoms with van der Waals surface area (Å²) in [4.78, 5) is 16.4. The molecule has 0 N–H and O–H groups in total. The Balaban J connectivity index is 1.55. The van der Waals surface area contributed by atoms with Crippen molar-refractivity contribution >= 4 is 17.6 Å². The minimum Gasteiger partial charge on any atom is -0.490 e. The number of aryl methyl sites for hydroxylation is 1. The number of nitrogens with zero attached hydrogens (tertiary/aromatic N) is 1. The van der Waals surface area contributed by atoms with Gasteiger partial charge < -0.3 is 13.9 Å². The average molecular weight is 358 g/mol. The molecule has 0 bridgehead atoms. The fourth-order valence-electron chi connectivity index (χ4n) is 2.18. The topological polar surface area (TPSA) is 61.6 Å². The molecule has 6 heteroatoms. The minimum atomic E-state index is -0.539. The molecule has 0 aliphatic heterocycles. The van der Waals surface area contributed by atoms with Crippen LogP contribution in [0.5, 0.6) is 5.75 Å². The second-order valence-electron chi connectivity index (χ2n) is 5.23. The second-order valence-corrected chi connectivity index (χ2v) is 5.66. The van der Waals surface area contributed by atoms with Crippen molar-refractivity contribution in [2.45, 2.75) is 6.92 Å². The van der Waals surface area contributed by atoms with Gasteiger partial charge in [-0.1, -0.05) is 29.8 Å². The zero-order valence-electron chi connectivity index (χ0n) is 13.6. The monoisotopic (exact) mass is 357 g/mol. The third kappa shape index (κ3) is 4.39. The Morgan fingerprint density at radius 3 is 2.52 bits per heavy atom. The molecule has 0 spiro atoms. The number of halogens is 1. The first kappa shape index (κ1) is 17.0. The SMILES string of the molecule is Cc1oc(-c2ccccc2)nc1C(=O)OCCOc1ccc(Cl)cc1. The van der Waals surface area contributed by atoms with E-state index < -0.39 is 5.97 Å². The largest absolute Gasteiger partial charge is 0.490 e. The molecule has 0 saturated heterocycles. The normalized spacial score (nSPS) is 10.5. The maximum atomic E-state index is 12.1. The Kier molecular flexibility index (Phi) is 5.36. The summed E-state index contributed by atoms with van der Waals surface area (Å²) >= 11 is 5.80. The van der Waals surface area contributed by atoms with Gasteiger partial charge in [0.2, 0.25) is 5.89 Å². The lowest BCUT2D eigenvalue weighted by Gasteiger charge is -2.06. The highest BCUT2D eigenvalue weighted by molar-refractivity contribution is 6.30. The molecule has 2 aromatic carbocycles. The van der Waals surface area contributed by atoms with Crippen LogP contribution in [0.4, 0.5) is 0 Å². The van der Waals surface area contributed by atoms with Gasteiger partial charge in [-0.2, -0.15) is 0 Å². The summed E-state index contributed by atoms with van der Waals surface area (Å²) in [6, 6.07) is 16.3. The molecule has 0 fully saturated rings. The van der Waals surface area contributed by atoms with E-state index in [2.05, 4.69) is 4.98 Å². The van der Waals surface area contributed by atoms with Crippen LogP contribution in [0.25, 0.3) is 11.5 Å². The number of benzene rings is 2. The van der Waals surface area contributed by atoms with Gasteiger partial charge in [0.15, 0.2) is 5.69 Å². The van der Waals surface area contributed by atoms with Crippen molar-refractivity contribution in [3.05, 3.63) is 71.1 Å². The lowest BCUT2D eigenvalue weighted by molar-refractivity contribution is 0.0442. The maximum Gasteiger partial charge on any atom is 0.360 e. The second kappa shape index (κ2) is 7.85. The number of ether oxygens (including phenoxy) is 2. The van der Waals surface area contributed by atoms with Crippen molar-refractivity contribution in [3.63, 3.8) is 0 Å². The summed E-state index contributed by atoms with van der Waals surface area (Å²) in [7, 11) is 0. The molecular weight excluding hydrogens is 342 g/mol. The summed E-state index contributed by atoms with van der Waals surface area (Å²) < 4.78 is 16.2. The van der Waals surface area contributed by atoms with Crippen molar-refractivity contribution in [1.82, 2.24) is 4.98 Å². The fraction of sp³-hybridized carbons (Fsp3) is 0.158. The van der Waals surface area contributed by atoms with Crippen molar-refractivity contribution in [2.75, 3.05) is 13.2 Å². The third-order valence-electron chi connectivity index (χ3n) is 3.41. The van der Waals surface area contributed by atoms with Crippen LogP contribution in [-0.4, -0.2) is 24.2 Å². The predicted molar refractivity (Wildman–Crippen MR) is 93.9 cm³/mol. The zero-order chi connectivity index (χ0) is 17.6. The highest BCUT2D eigenvalue weighted by Gasteiger charge is 2.19. The molecule has 3 aromatic rings. The van der Waals surface area contributed by atoms with Gasteiger partial charge in [-0.05, 0) is 43.3 Å². The molecule has 1 heterocycles. The Bertz CT molecular complexity index is 844. The Labute approximate surface area is 150 Å². The number of carbonyl (C=O) groups excluding carboxylic acids is 1. The summed E-state index contributed by atoms with van der Waals surface area (Å²) in [6.45, 7) is 2.02. The van der Waals surface area contributed by atoms with Crippen LogP contribution >= 0.6 is 11.6 Å². The van der Waals surface area contributed by atoms with Crippen molar-refractivity contribution < 1.29 is 18.7 Å². The fourth-order valence-corrected chi connectivity index (χ4v) is 2.31. The highest BCUT2D eigenvalue weighted by atomic mass is 35.5. The maximum absolute atomic E-state index is 12.1. The van der Waals surface area contributed by atoms with E-state index >= 15 is 0 Å². The standard InChI is InChI=1S/C19H16ClNO4/c1-13-17(21-18(25-13)14-5-3-2-4-6-14)19(22)24-12-11-23-16-9-7-15(20)8-10-16/h2-10H,11-12H2,1H3. The zero-order valence-corrected chi connectivity index (χ0v) is 14.3. The molecule has 0 saturated carbocycles. The number of hydrogen-bond donors (Lipinski definition) is 0. The van der Waals surface area contributed by atoms with E-state index in [4.69, 9.17) is 25.5 Å². The summed E-state index contributed by atoms with van der Waals surface area (Å²) in [5, 5.41) is 0.634. The molecule has 128 valence electrons. The molecule has 3 rings (SSSR count). The van der Waals surface area contributed by atoms with Gasteiger partial charge in [0.05, 0.1) is 0 Å². The molecule has 5 nitrogen and oxygen atoms in total. The van der Waals surface area contributed by atoms with Gasteiger partial charge in [0.1, 0.15) is 24.7 Å². The van der Waals surface area contributed by atoms with Crippen LogP contribution in [-0.2, 0) is 4.74 Å². The van der Waals surface area contributed by atoms with E-state index in [0.717, 1.165) is 5.56 Å². The molecule has 25 heavy (non-hydrogen) atoms. The number of oxazole rings is 1. The van der Waals surface area contributed by atoms with Crippen molar-refractivity contribution in [2.24, 2.45) is 0 Å². The molecule has 0 radical (unpaired) electrons. The first-order chi connectivity index (χ1) is 12.1. The molecule has 0 amide bonds. The van der Waals surface area contributed by atoms with Gasteiger partial charge in [-0.25, -0.2) is 9.78 Å². The summed E-state index contributed by atoms with van der Waals surface area (Å²) in [5.41, 5.74) is 0.973. The molecule has 1 aromatic heterocycles. The third-order valence-corrected chi connectivity index (χ3v) is 3.66.